The van der Waals surface area contributed by atoms with E-state index in [1.807, 2.05) is 48.5 Å². The lowest BCUT2D eigenvalue weighted by molar-refractivity contribution is 0.0503. The molecule has 2 aromatic carbocycles. The van der Waals surface area contributed by atoms with Gasteiger partial charge in [0, 0.05) is 11.1 Å². The minimum atomic E-state index is -0.535. The van der Waals surface area contributed by atoms with E-state index in [2.05, 4.69) is 16.9 Å². The second-order valence-electron chi connectivity index (χ2n) is 8.39. The van der Waals surface area contributed by atoms with Crippen molar-refractivity contribution in [3.63, 3.8) is 0 Å². The summed E-state index contributed by atoms with van der Waals surface area (Å²) in [5, 5.41) is 20.9. The number of fused-ring (bicyclic) bond motifs is 3. The summed E-state index contributed by atoms with van der Waals surface area (Å²) in [6, 6.07) is 16.8. The van der Waals surface area contributed by atoms with Gasteiger partial charge in [-0.25, -0.2) is 9.78 Å². The topological polar surface area (TPSA) is 112 Å². The lowest BCUT2D eigenvalue weighted by Crippen LogP contribution is -2.20. The third-order valence-corrected chi connectivity index (χ3v) is 6.08. The number of aliphatic hydroxyl groups is 1. The predicted molar refractivity (Wildman–Crippen MR) is 124 cm³/mol. The summed E-state index contributed by atoms with van der Waals surface area (Å²) in [4.78, 5) is 25.4. The normalized spacial score (nSPS) is 16.2. The fraction of sp³-hybridized carbons (Fsp3) is 0.231. The molecule has 1 aliphatic carbocycles. The van der Waals surface area contributed by atoms with Crippen LogP contribution in [0, 0.1) is 17.2 Å². The fourth-order valence-electron chi connectivity index (χ4n) is 4.40. The Morgan fingerprint density at radius 3 is 2.73 bits per heavy atom. The quantitative estimate of drug-likeness (QED) is 0.267. The first-order valence-corrected chi connectivity index (χ1v) is 10.9. The van der Waals surface area contributed by atoms with Gasteiger partial charge in [-0.15, -0.1) is 0 Å². The first-order chi connectivity index (χ1) is 16.0. The summed E-state index contributed by atoms with van der Waals surface area (Å²) >= 11 is 0. The fourth-order valence-corrected chi connectivity index (χ4v) is 4.40. The number of aromatic amines is 1. The van der Waals surface area contributed by atoms with E-state index in [-0.39, 0.29) is 17.2 Å². The van der Waals surface area contributed by atoms with E-state index < -0.39 is 12.6 Å². The molecule has 1 aliphatic rings. The number of ether oxygens (including phenoxy) is 1. The minimum absolute atomic E-state index is 0.0609. The molecule has 7 heteroatoms. The van der Waals surface area contributed by atoms with Gasteiger partial charge in [0.15, 0.2) is 11.6 Å². The summed E-state index contributed by atoms with van der Waals surface area (Å²) in [5.41, 5.74) is 4.45. The Morgan fingerprint density at radius 1 is 1.18 bits per heavy atom. The number of benzene rings is 2. The van der Waals surface area contributed by atoms with Crippen LogP contribution in [0.5, 0.6) is 0 Å². The number of para-hydroxylation sites is 3. The number of nitriles is 1. The van der Waals surface area contributed by atoms with Crippen molar-refractivity contribution in [3.8, 4) is 6.07 Å². The highest BCUT2D eigenvalue weighted by atomic mass is 16.5. The Labute approximate surface area is 190 Å². The molecule has 0 bridgehead atoms. The molecule has 1 atom stereocenters. The Hall–Kier alpha value is -4.18. The van der Waals surface area contributed by atoms with E-state index in [9.17, 15) is 15.2 Å². The Bertz CT molecular complexity index is 1430. The highest BCUT2D eigenvalue weighted by Gasteiger charge is 2.26. The monoisotopic (exact) mass is 438 g/mol. The van der Waals surface area contributed by atoms with Crippen molar-refractivity contribution in [1.29, 1.82) is 5.26 Å². The number of carbonyl (C=O) groups excluding carboxylic acids is 1. The van der Waals surface area contributed by atoms with Gasteiger partial charge in [-0.2, -0.15) is 5.26 Å². The van der Waals surface area contributed by atoms with E-state index in [1.54, 1.807) is 6.07 Å². The molecule has 0 aliphatic heterocycles. The van der Waals surface area contributed by atoms with Gasteiger partial charge in [0.25, 0.3) is 0 Å². The first kappa shape index (κ1) is 20.7. The van der Waals surface area contributed by atoms with Crippen molar-refractivity contribution in [2.24, 2.45) is 5.92 Å². The van der Waals surface area contributed by atoms with Crippen LogP contribution in [-0.4, -0.2) is 32.6 Å². The molecular weight excluding hydrogens is 416 g/mol. The van der Waals surface area contributed by atoms with Crippen LogP contribution in [0.1, 0.15) is 40.8 Å². The summed E-state index contributed by atoms with van der Waals surface area (Å²) < 4.78 is 5.51. The molecular formula is C26H22N4O3. The minimum Gasteiger partial charge on any atom is -0.507 e. The number of aromatic nitrogens is 3. The summed E-state index contributed by atoms with van der Waals surface area (Å²) in [7, 11) is 0. The van der Waals surface area contributed by atoms with Gasteiger partial charge >= 0.3 is 5.97 Å². The number of rotatable bonds is 4. The zero-order valence-electron chi connectivity index (χ0n) is 18.1. The van der Waals surface area contributed by atoms with Crippen molar-refractivity contribution in [2.45, 2.75) is 26.2 Å². The van der Waals surface area contributed by atoms with Crippen LogP contribution < -0.4 is 0 Å². The highest BCUT2D eigenvalue weighted by molar-refractivity contribution is 6.05. The molecule has 2 heterocycles. The Balaban J connectivity index is 1.47. The zero-order chi connectivity index (χ0) is 22.9. The number of hydrogen-bond acceptors (Lipinski definition) is 6. The molecule has 0 unspecified atom stereocenters. The molecule has 0 amide bonds. The lowest BCUT2D eigenvalue weighted by atomic mass is 9.84. The molecule has 2 aromatic heterocycles. The maximum Gasteiger partial charge on any atom is 0.339 e. The Kier molecular flexibility index (Phi) is 5.27. The third kappa shape index (κ3) is 3.80. The second kappa shape index (κ2) is 8.40. The smallest absolute Gasteiger partial charge is 0.339 e. The number of nitrogens with zero attached hydrogens (tertiary/aromatic N) is 3. The van der Waals surface area contributed by atoms with Crippen molar-refractivity contribution in [2.75, 3.05) is 6.61 Å². The molecule has 0 fully saturated rings. The molecule has 164 valence electrons. The van der Waals surface area contributed by atoms with E-state index in [1.165, 1.54) is 0 Å². The van der Waals surface area contributed by atoms with Gasteiger partial charge in [-0.1, -0.05) is 37.3 Å². The molecule has 33 heavy (non-hydrogen) atoms. The SMILES string of the molecule is C[C@H]1CCc2nc3ccccc3c(C(=O)OCC(O)=C(C#N)c3nc4ccccc4[nH]3)c2C1. The third-order valence-electron chi connectivity index (χ3n) is 6.08. The second-order valence-corrected chi connectivity index (χ2v) is 8.39. The van der Waals surface area contributed by atoms with Crippen LogP contribution in [0.4, 0.5) is 0 Å². The van der Waals surface area contributed by atoms with Crippen molar-refractivity contribution < 1.29 is 14.6 Å². The largest absolute Gasteiger partial charge is 0.507 e. The standard InChI is InChI=1S/C26H22N4O3/c1-15-10-11-20-17(12-15)24(16-6-2-3-7-19(16)28-20)26(32)33-14-23(31)18(13-27)25-29-21-8-4-5-9-22(21)30-25/h2-9,15,31H,10-12,14H2,1H3,(H,29,30)/t15-/m0/s1. The summed E-state index contributed by atoms with van der Waals surface area (Å²) in [5.74, 6) is -0.218. The molecule has 0 saturated heterocycles. The molecule has 5 rings (SSSR count). The average Bonchev–Trinajstić information content (AvgIpc) is 3.25. The zero-order valence-corrected chi connectivity index (χ0v) is 18.1. The molecule has 0 saturated carbocycles. The molecule has 0 spiro atoms. The molecule has 4 aromatic rings. The maximum atomic E-state index is 13.2. The van der Waals surface area contributed by atoms with Crippen molar-refractivity contribution in [1.82, 2.24) is 15.0 Å². The van der Waals surface area contributed by atoms with Gasteiger partial charge < -0.3 is 14.8 Å². The van der Waals surface area contributed by atoms with E-state index >= 15 is 0 Å². The van der Waals surface area contributed by atoms with Gasteiger partial charge in [0.2, 0.25) is 0 Å². The van der Waals surface area contributed by atoms with E-state index in [0.717, 1.165) is 46.9 Å². The van der Waals surface area contributed by atoms with Crippen molar-refractivity contribution >= 4 is 33.5 Å². The summed E-state index contributed by atoms with van der Waals surface area (Å²) in [6.07, 6.45) is 2.60. The van der Waals surface area contributed by atoms with Gasteiger partial charge in [0.1, 0.15) is 18.2 Å². The van der Waals surface area contributed by atoms with Gasteiger partial charge in [-0.05, 0) is 48.9 Å². The van der Waals surface area contributed by atoms with Crippen LogP contribution in [0.2, 0.25) is 0 Å². The van der Waals surface area contributed by atoms with Crippen LogP contribution in [0.3, 0.4) is 0 Å². The maximum absolute atomic E-state index is 13.2. The Morgan fingerprint density at radius 2 is 1.94 bits per heavy atom. The number of nitrogens with one attached hydrogen (secondary N) is 1. The van der Waals surface area contributed by atoms with Crippen LogP contribution >= 0.6 is 0 Å². The van der Waals surface area contributed by atoms with Crippen LogP contribution in [-0.2, 0) is 17.6 Å². The van der Waals surface area contributed by atoms with Crippen molar-refractivity contribution in [3.05, 3.63) is 76.9 Å². The number of pyridine rings is 1. The van der Waals surface area contributed by atoms with Crippen LogP contribution in [0.25, 0.3) is 27.5 Å². The lowest BCUT2D eigenvalue weighted by Gasteiger charge is -2.24. The summed E-state index contributed by atoms with van der Waals surface area (Å²) in [6.45, 7) is 1.73. The average molecular weight is 438 g/mol. The number of H-pyrrole nitrogens is 1. The van der Waals surface area contributed by atoms with Gasteiger partial charge in [0.05, 0.1) is 22.1 Å². The molecule has 0 radical (unpaired) electrons. The molecule has 2 N–H and O–H groups in total. The number of aliphatic hydroxyl groups excluding tert-OH is 1. The van der Waals surface area contributed by atoms with E-state index in [0.29, 0.717) is 17.0 Å². The number of hydrogen-bond donors (Lipinski definition) is 2. The number of aryl methyl sites for hydroxylation is 1. The van der Waals surface area contributed by atoms with Gasteiger partial charge in [-0.3, -0.25) is 4.98 Å². The number of imidazole rings is 1. The van der Waals surface area contributed by atoms with Crippen LogP contribution in [0.15, 0.2) is 54.3 Å². The number of carbonyl (C=O) groups is 1. The number of esters is 1. The first-order valence-electron chi connectivity index (χ1n) is 10.9. The highest BCUT2D eigenvalue weighted by Crippen LogP contribution is 2.32. The predicted octanol–water partition coefficient (Wildman–Crippen LogP) is 4.89. The number of allylic oxidation sites excluding steroid dienone is 1. The van der Waals surface area contributed by atoms with E-state index in [4.69, 9.17) is 9.72 Å². The molecule has 7 nitrogen and oxygen atoms in total.